The highest BCUT2D eigenvalue weighted by Crippen LogP contribution is 2.44. The number of benzene rings is 1. The molecule has 1 unspecified atom stereocenters. The van der Waals surface area contributed by atoms with E-state index in [4.69, 9.17) is 11.6 Å². The van der Waals surface area contributed by atoms with E-state index in [1.165, 1.54) is 24.0 Å². The summed E-state index contributed by atoms with van der Waals surface area (Å²) in [5, 5.41) is 4.41. The molecule has 1 heterocycles. The highest BCUT2D eigenvalue weighted by Gasteiger charge is 2.35. The molecule has 2 aliphatic rings. The molecule has 1 fully saturated rings. The summed E-state index contributed by atoms with van der Waals surface area (Å²) in [5.74, 6) is 0.891. The first-order valence-electron chi connectivity index (χ1n) is 4.86. The zero-order valence-electron chi connectivity index (χ0n) is 7.39. The smallest absolute Gasteiger partial charge is 0.0409 e. The molecule has 1 nitrogen and oxygen atoms in total. The Hall–Kier alpha value is -0.530. The van der Waals surface area contributed by atoms with Crippen molar-refractivity contribution in [3.05, 3.63) is 34.3 Å². The molecule has 0 spiro atoms. The summed E-state index contributed by atoms with van der Waals surface area (Å²) in [6.45, 7) is 0.997. The fourth-order valence-electron chi connectivity index (χ4n) is 2.21. The quantitative estimate of drug-likeness (QED) is 0.723. The Labute approximate surface area is 83.1 Å². The molecule has 1 aromatic carbocycles. The van der Waals surface area contributed by atoms with Crippen molar-refractivity contribution in [3.63, 3.8) is 0 Å². The van der Waals surface area contributed by atoms with Crippen molar-refractivity contribution in [2.24, 2.45) is 5.92 Å². The Morgan fingerprint density at radius 2 is 2.15 bits per heavy atom. The summed E-state index contributed by atoms with van der Waals surface area (Å²) in [6, 6.07) is 6.89. The van der Waals surface area contributed by atoms with Gasteiger partial charge in [0, 0.05) is 17.6 Å². The summed E-state index contributed by atoms with van der Waals surface area (Å²) >= 11 is 5.94. The first-order valence-corrected chi connectivity index (χ1v) is 5.24. The van der Waals surface area contributed by atoms with Crippen LogP contribution in [0.4, 0.5) is 0 Å². The molecular weight excluding hydrogens is 182 g/mol. The van der Waals surface area contributed by atoms with Crippen LogP contribution in [0.5, 0.6) is 0 Å². The van der Waals surface area contributed by atoms with Gasteiger partial charge in [-0.1, -0.05) is 17.7 Å². The van der Waals surface area contributed by atoms with Crippen molar-refractivity contribution < 1.29 is 0 Å². The van der Waals surface area contributed by atoms with E-state index in [2.05, 4.69) is 17.4 Å². The summed E-state index contributed by atoms with van der Waals surface area (Å²) < 4.78 is 0. The average Bonchev–Trinajstić information content (AvgIpc) is 2.87. The molecule has 1 atom stereocenters. The normalized spacial score (nSPS) is 26.1. The number of nitrogens with one attached hydrogen (secondary N) is 1. The fraction of sp³-hybridized carbons (Fsp3) is 0.455. The molecule has 0 bridgehead atoms. The maximum absolute atomic E-state index is 5.94. The standard InChI is InChI=1S/C11H12ClN/c12-9-3-4-10-8(5-9)6-13-11(10)7-1-2-7/h3-5,7,11,13H,1-2,6H2. The molecule has 1 aliphatic heterocycles. The lowest BCUT2D eigenvalue weighted by atomic mass is 10.0. The third-order valence-electron chi connectivity index (χ3n) is 3.05. The van der Waals surface area contributed by atoms with Gasteiger partial charge in [0.15, 0.2) is 0 Å². The maximum atomic E-state index is 5.94. The molecule has 0 amide bonds. The van der Waals surface area contributed by atoms with Crippen molar-refractivity contribution in [2.75, 3.05) is 0 Å². The van der Waals surface area contributed by atoms with Crippen LogP contribution in [-0.2, 0) is 6.54 Å². The second-order valence-corrected chi connectivity index (χ2v) is 4.48. The van der Waals surface area contributed by atoms with Gasteiger partial charge in [-0.2, -0.15) is 0 Å². The zero-order chi connectivity index (χ0) is 8.84. The molecular formula is C11H12ClN. The van der Waals surface area contributed by atoms with Gasteiger partial charge in [-0.25, -0.2) is 0 Å². The number of rotatable bonds is 1. The van der Waals surface area contributed by atoms with Crippen LogP contribution in [0.2, 0.25) is 5.02 Å². The van der Waals surface area contributed by atoms with Crippen LogP contribution < -0.4 is 5.32 Å². The topological polar surface area (TPSA) is 12.0 Å². The second-order valence-electron chi connectivity index (χ2n) is 4.04. The van der Waals surface area contributed by atoms with Crippen molar-refractivity contribution >= 4 is 11.6 Å². The summed E-state index contributed by atoms with van der Waals surface area (Å²) in [5.41, 5.74) is 2.87. The van der Waals surface area contributed by atoms with Gasteiger partial charge in [0.1, 0.15) is 0 Å². The molecule has 68 valence electrons. The Balaban J connectivity index is 2.01. The fourth-order valence-corrected chi connectivity index (χ4v) is 2.41. The predicted molar refractivity (Wildman–Crippen MR) is 53.8 cm³/mol. The molecule has 0 saturated heterocycles. The van der Waals surface area contributed by atoms with Crippen LogP contribution in [0.25, 0.3) is 0 Å². The van der Waals surface area contributed by atoms with E-state index in [1.54, 1.807) is 0 Å². The Bertz CT molecular complexity index is 344. The van der Waals surface area contributed by atoms with Crippen LogP contribution in [0.3, 0.4) is 0 Å². The molecule has 1 aliphatic carbocycles. The Kier molecular flexibility index (Phi) is 1.64. The first kappa shape index (κ1) is 7.84. The van der Waals surface area contributed by atoms with Crippen LogP contribution in [0, 0.1) is 5.92 Å². The Morgan fingerprint density at radius 3 is 2.92 bits per heavy atom. The summed E-state index contributed by atoms with van der Waals surface area (Å²) in [4.78, 5) is 0. The van der Waals surface area contributed by atoms with E-state index in [1.807, 2.05) is 6.07 Å². The van der Waals surface area contributed by atoms with Crippen molar-refractivity contribution in [3.8, 4) is 0 Å². The van der Waals surface area contributed by atoms with E-state index in [0.29, 0.717) is 6.04 Å². The SMILES string of the molecule is Clc1ccc2c(c1)CNC2C1CC1. The van der Waals surface area contributed by atoms with Gasteiger partial charge in [-0.15, -0.1) is 0 Å². The predicted octanol–water partition coefficient (Wildman–Crippen LogP) is 2.89. The lowest BCUT2D eigenvalue weighted by Gasteiger charge is -2.09. The van der Waals surface area contributed by atoms with Crippen LogP contribution in [0.15, 0.2) is 18.2 Å². The van der Waals surface area contributed by atoms with Gasteiger partial charge in [0.05, 0.1) is 0 Å². The monoisotopic (exact) mass is 193 g/mol. The molecule has 13 heavy (non-hydrogen) atoms. The third kappa shape index (κ3) is 1.27. The van der Waals surface area contributed by atoms with Gasteiger partial charge < -0.3 is 5.32 Å². The van der Waals surface area contributed by atoms with E-state index in [-0.39, 0.29) is 0 Å². The van der Waals surface area contributed by atoms with Crippen molar-refractivity contribution in [2.45, 2.75) is 25.4 Å². The zero-order valence-corrected chi connectivity index (χ0v) is 8.14. The minimum absolute atomic E-state index is 0.618. The highest BCUT2D eigenvalue weighted by atomic mass is 35.5. The lowest BCUT2D eigenvalue weighted by molar-refractivity contribution is 0.523. The van der Waals surface area contributed by atoms with Gasteiger partial charge in [-0.3, -0.25) is 0 Å². The van der Waals surface area contributed by atoms with Gasteiger partial charge in [0.2, 0.25) is 0 Å². The first-order chi connectivity index (χ1) is 6.34. The minimum atomic E-state index is 0.618. The van der Waals surface area contributed by atoms with E-state index < -0.39 is 0 Å². The lowest BCUT2D eigenvalue weighted by Crippen LogP contribution is -2.13. The van der Waals surface area contributed by atoms with E-state index in [0.717, 1.165) is 17.5 Å². The van der Waals surface area contributed by atoms with Gasteiger partial charge in [0.25, 0.3) is 0 Å². The molecule has 0 radical (unpaired) electrons. The molecule has 1 saturated carbocycles. The molecule has 3 rings (SSSR count). The van der Waals surface area contributed by atoms with Gasteiger partial charge in [-0.05, 0) is 42.0 Å². The number of halogens is 1. The second kappa shape index (κ2) is 2.73. The number of hydrogen-bond acceptors (Lipinski definition) is 1. The van der Waals surface area contributed by atoms with Crippen LogP contribution >= 0.6 is 11.6 Å². The van der Waals surface area contributed by atoms with Crippen molar-refractivity contribution in [1.29, 1.82) is 0 Å². The average molecular weight is 194 g/mol. The minimum Gasteiger partial charge on any atom is -0.306 e. The maximum Gasteiger partial charge on any atom is 0.0409 e. The van der Waals surface area contributed by atoms with Crippen LogP contribution in [-0.4, -0.2) is 0 Å². The van der Waals surface area contributed by atoms with Crippen LogP contribution in [0.1, 0.15) is 30.0 Å². The largest absolute Gasteiger partial charge is 0.306 e. The number of fused-ring (bicyclic) bond motifs is 1. The third-order valence-corrected chi connectivity index (χ3v) is 3.28. The molecule has 1 N–H and O–H groups in total. The highest BCUT2D eigenvalue weighted by molar-refractivity contribution is 6.30. The van der Waals surface area contributed by atoms with E-state index in [9.17, 15) is 0 Å². The summed E-state index contributed by atoms with van der Waals surface area (Å²) in [7, 11) is 0. The van der Waals surface area contributed by atoms with Crippen molar-refractivity contribution in [1.82, 2.24) is 5.32 Å². The molecule has 0 aromatic heterocycles. The number of hydrogen-bond donors (Lipinski definition) is 1. The molecule has 2 heteroatoms. The van der Waals surface area contributed by atoms with Gasteiger partial charge >= 0.3 is 0 Å². The Morgan fingerprint density at radius 1 is 1.31 bits per heavy atom. The molecule has 1 aromatic rings. The summed E-state index contributed by atoms with van der Waals surface area (Å²) in [6.07, 6.45) is 2.78. The van der Waals surface area contributed by atoms with E-state index >= 15 is 0 Å².